The fraction of sp³-hybridized carbons (Fsp3) is 0.462. The van der Waals surface area contributed by atoms with Gasteiger partial charge in [-0.05, 0) is 37.3 Å². The first-order valence-electron chi connectivity index (χ1n) is 5.83. The number of halogens is 3. The summed E-state index contributed by atoms with van der Waals surface area (Å²) in [6, 6.07) is 3.83. The van der Waals surface area contributed by atoms with Crippen LogP contribution in [0.3, 0.4) is 0 Å². The monoisotopic (exact) mass is 289 g/mol. The van der Waals surface area contributed by atoms with Gasteiger partial charge in [0.2, 0.25) is 0 Å². The lowest BCUT2D eigenvalue weighted by Gasteiger charge is -2.13. The first kappa shape index (κ1) is 14.2. The minimum absolute atomic E-state index is 0.212. The largest absolute Gasteiger partial charge is 0.496 e. The summed E-state index contributed by atoms with van der Waals surface area (Å²) in [4.78, 5) is 4.50. The smallest absolute Gasteiger partial charge is 0.416 e. The highest BCUT2D eigenvalue weighted by Crippen LogP contribution is 2.35. The van der Waals surface area contributed by atoms with E-state index in [1.54, 1.807) is 0 Å². The third-order valence-electron chi connectivity index (χ3n) is 2.80. The standard InChI is InChI=1S/C13H14F3NOS/c1-18-11-7-8(13(14,15)16)3-6-10(11)12(19-2)17-9-4-5-9/h3,6-7,9H,4-5H2,1-2H3. The molecule has 0 aromatic heterocycles. The first-order chi connectivity index (χ1) is 8.95. The van der Waals surface area contributed by atoms with E-state index in [4.69, 9.17) is 4.74 Å². The average Bonchev–Trinajstić information content (AvgIpc) is 3.18. The Morgan fingerprint density at radius 3 is 2.53 bits per heavy atom. The molecule has 1 fully saturated rings. The highest BCUT2D eigenvalue weighted by atomic mass is 32.2. The highest BCUT2D eigenvalue weighted by molar-refractivity contribution is 8.13. The summed E-state index contributed by atoms with van der Waals surface area (Å²) in [5, 5.41) is 0.730. The molecule has 0 spiro atoms. The summed E-state index contributed by atoms with van der Waals surface area (Å²) in [5.74, 6) is 0.212. The van der Waals surface area contributed by atoms with Gasteiger partial charge in [0.1, 0.15) is 10.8 Å². The van der Waals surface area contributed by atoms with Gasteiger partial charge in [-0.15, -0.1) is 11.8 Å². The second-order valence-electron chi connectivity index (χ2n) is 4.28. The molecular weight excluding hydrogens is 275 g/mol. The maximum absolute atomic E-state index is 12.6. The predicted molar refractivity (Wildman–Crippen MR) is 71.1 cm³/mol. The van der Waals surface area contributed by atoms with Gasteiger partial charge in [-0.2, -0.15) is 13.2 Å². The van der Waals surface area contributed by atoms with E-state index in [-0.39, 0.29) is 5.75 Å². The molecule has 6 heteroatoms. The molecule has 1 aromatic carbocycles. The Kier molecular flexibility index (Phi) is 4.08. The molecule has 0 aliphatic heterocycles. The molecule has 0 saturated heterocycles. The summed E-state index contributed by atoms with van der Waals surface area (Å²) in [6.07, 6.45) is -0.405. The average molecular weight is 289 g/mol. The number of thioether (sulfide) groups is 1. The lowest BCUT2D eigenvalue weighted by atomic mass is 10.1. The Morgan fingerprint density at radius 1 is 1.37 bits per heavy atom. The maximum atomic E-state index is 12.6. The number of hydrogen-bond acceptors (Lipinski definition) is 3. The summed E-state index contributed by atoms with van der Waals surface area (Å²) in [6.45, 7) is 0. The van der Waals surface area contributed by atoms with Crippen molar-refractivity contribution in [2.75, 3.05) is 13.4 Å². The van der Waals surface area contributed by atoms with Crippen molar-refractivity contribution in [2.45, 2.75) is 25.1 Å². The fourth-order valence-electron chi connectivity index (χ4n) is 1.65. The van der Waals surface area contributed by atoms with Crippen molar-refractivity contribution < 1.29 is 17.9 Å². The van der Waals surface area contributed by atoms with Crippen molar-refractivity contribution in [2.24, 2.45) is 4.99 Å². The zero-order chi connectivity index (χ0) is 14.0. The van der Waals surface area contributed by atoms with Crippen LogP contribution in [0, 0.1) is 0 Å². The second kappa shape index (κ2) is 5.45. The van der Waals surface area contributed by atoms with Crippen LogP contribution in [0.5, 0.6) is 5.75 Å². The Bertz CT molecular complexity index is 495. The van der Waals surface area contributed by atoms with Crippen molar-refractivity contribution in [3.63, 3.8) is 0 Å². The van der Waals surface area contributed by atoms with Crippen LogP contribution < -0.4 is 4.74 Å². The number of benzene rings is 1. The number of nitrogens with zero attached hydrogens (tertiary/aromatic N) is 1. The van der Waals surface area contributed by atoms with Crippen LogP contribution in [-0.4, -0.2) is 24.5 Å². The summed E-state index contributed by atoms with van der Waals surface area (Å²) in [7, 11) is 1.37. The first-order valence-corrected chi connectivity index (χ1v) is 7.05. The van der Waals surface area contributed by atoms with Gasteiger partial charge in [-0.3, -0.25) is 4.99 Å². The molecule has 0 bridgehead atoms. The van der Waals surface area contributed by atoms with Gasteiger partial charge in [0, 0.05) is 5.56 Å². The molecule has 104 valence electrons. The molecule has 2 nitrogen and oxygen atoms in total. The quantitative estimate of drug-likeness (QED) is 0.620. The normalized spacial score (nSPS) is 16.6. The molecule has 0 radical (unpaired) electrons. The van der Waals surface area contributed by atoms with Crippen LogP contribution in [0.4, 0.5) is 13.2 Å². The fourth-order valence-corrected chi connectivity index (χ4v) is 2.29. The second-order valence-corrected chi connectivity index (χ2v) is 5.08. The summed E-state index contributed by atoms with van der Waals surface area (Å²) in [5.41, 5.74) is -0.0881. The SMILES string of the molecule is COc1cc(C(F)(F)F)ccc1C(=NC1CC1)SC. The molecule has 1 saturated carbocycles. The van der Waals surface area contributed by atoms with Gasteiger partial charge in [0.15, 0.2) is 0 Å². The number of ether oxygens (including phenoxy) is 1. The lowest BCUT2D eigenvalue weighted by molar-refractivity contribution is -0.137. The topological polar surface area (TPSA) is 21.6 Å². The molecule has 2 rings (SSSR count). The van der Waals surface area contributed by atoms with Crippen molar-refractivity contribution in [3.05, 3.63) is 29.3 Å². The van der Waals surface area contributed by atoms with Crippen LogP contribution in [0.2, 0.25) is 0 Å². The van der Waals surface area contributed by atoms with Gasteiger partial charge >= 0.3 is 6.18 Å². The molecule has 1 aliphatic rings. The molecule has 0 atom stereocenters. The highest BCUT2D eigenvalue weighted by Gasteiger charge is 2.31. The van der Waals surface area contributed by atoms with Crippen LogP contribution in [0.15, 0.2) is 23.2 Å². The van der Waals surface area contributed by atoms with E-state index in [9.17, 15) is 13.2 Å². The number of rotatable bonds is 3. The molecule has 1 aliphatic carbocycles. The van der Waals surface area contributed by atoms with Gasteiger partial charge < -0.3 is 4.74 Å². The Labute approximate surface area is 114 Å². The molecule has 0 N–H and O–H groups in total. The third-order valence-corrected chi connectivity index (χ3v) is 3.51. The molecule has 0 amide bonds. The van der Waals surface area contributed by atoms with Gasteiger partial charge in [-0.25, -0.2) is 0 Å². The van der Waals surface area contributed by atoms with Gasteiger partial charge in [0.05, 0.1) is 18.7 Å². The van der Waals surface area contributed by atoms with Crippen molar-refractivity contribution >= 4 is 16.8 Å². The Hall–Kier alpha value is -1.17. The molecule has 0 heterocycles. The molecule has 0 unspecified atom stereocenters. The van der Waals surface area contributed by atoms with E-state index in [0.717, 1.165) is 30.0 Å². The van der Waals surface area contributed by atoms with Crippen LogP contribution in [0.25, 0.3) is 0 Å². The minimum atomic E-state index is -4.36. The molecule has 19 heavy (non-hydrogen) atoms. The summed E-state index contributed by atoms with van der Waals surface area (Å²) < 4.78 is 43.0. The minimum Gasteiger partial charge on any atom is -0.496 e. The maximum Gasteiger partial charge on any atom is 0.416 e. The zero-order valence-electron chi connectivity index (χ0n) is 10.6. The number of methoxy groups -OCH3 is 1. The van der Waals surface area contributed by atoms with Crippen LogP contribution in [-0.2, 0) is 6.18 Å². The molecular formula is C13H14F3NOS. The van der Waals surface area contributed by atoms with Crippen molar-refractivity contribution in [3.8, 4) is 5.75 Å². The van der Waals surface area contributed by atoms with E-state index in [2.05, 4.69) is 4.99 Å². The number of hydrogen-bond donors (Lipinski definition) is 0. The lowest BCUT2D eigenvalue weighted by Crippen LogP contribution is -2.07. The summed E-state index contributed by atoms with van der Waals surface area (Å²) >= 11 is 1.42. The number of aliphatic imine (C=N–C) groups is 1. The van der Waals surface area contributed by atoms with Crippen LogP contribution in [0.1, 0.15) is 24.0 Å². The van der Waals surface area contributed by atoms with E-state index < -0.39 is 11.7 Å². The van der Waals surface area contributed by atoms with E-state index in [1.807, 2.05) is 6.26 Å². The van der Waals surface area contributed by atoms with E-state index in [0.29, 0.717) is 11.6 Å². The van der Waals surface area contributed by atoms with Gasteiger partial charge in [0.25, 0.3) is 0 Å². The zero-order valence-corrected chi connectivity index (χ0v) is 11.4. The molecule has 1 aromatic rings. The Morgan fingerprint density at radius 2 is 2.05 bits per heavy atom. The van der Waals surface area contributed by atoms with Crippen molar-refractivity contribution in [1.29, 1.82) is 0 Å². The Balaban J connectivity index is 2.40. The van der Waals surface area contributed by atoms with E-state index in [1.165, 1.54) is 24.9 Å². The van der Waals surface area contributed by atoms with Gasteiger partial charge in [-0.1, -0.05) is 0 Å². The third kappa shape index (κ3) is 3.43. The predicted octanol–water partition coefficient (Wildman–Crippen LogP) is 3.99. The number of alkyl halides is 3. The van der Waals surface area contributed by atoms with Crippen molar-refractivity contribution in [1.82, 2.24) is 0 Å². The van der Waals surface area contributed by atoms with E-state index >= 15 is 0 Å². The van der Waals surface area contributed by atoms with Crippen LogP contribution >= 0.6 is 11.8 Å².